The van der Waals surface area contributed by atoms with E-state index in [1.807, 2.05) is 25.1 Å². The zero-order chi connectivity index (χ0) is 18.7. The molecule has 134 valence electrons. The molecule has 0 aliphatic rings. The third-order valence-corrected chi connectivity index (χ3v) is 4.13. The maximum atomic E-state index is 12.4. The first-order valence-electron chi connectivity index (χ1n) is 8.05. The molecule has 3 rings (SSSR count). The maximum Gasteiger partial charge on any atom is 0.277 e. The number of hydrogen-bond acceptors (Lipinski definition) is 5. The molecule has 0 fully saturated rings. The molecular formula is C18H18ClN5O2. The SMILES string of the molecule is CN(C)c1ccc(Cl)cc1NC(=O)CCn1nnc2ccccc2c1=O. The number of carbonyl (C=O) groups excluding carboxylic acids is 1. The van der Waals surface area contributed by atoms with Crippen LogP contribution in [0.3, 0.4) is 0 Å². The van der Waals surface area contributed by atoms with Gasteiger partial charge < -0.3 is 10.2 Å². The Morgan fingerprint density at radius 3 is 2.77 bits per heavy atom. The van der Waals surface area contributed by atoms with Gasteiger partial charge in [-0.3, -0.25) is 9.59 Å². The van der Waals surface area contributed by atoms with Crippen molar-refractivity contribution < 1.29 is 4.79 Å². The van der Waals surface area contributed by atoms with E-state index in [1.54, 1.807) is 36.4 Å². The molecule has 0 aliphatic heterocycles. The van der Waals surface area contributed by atoms with Crippen LogP contribution in [0.25, 0.3) is 10.9 Å². The lowest BCUT2D eigenvalue weighted by Crippen LogP contribution is -2.26. The van der Waals surface area contributed by atoms with Gasteiger partial charge in [0.05, 0.1) is 23.3 Å². The van der Waals surface area contributed by atoms with Gasteiger partial charge >= 0.3 is 0 Å². The molecule has 1 aromatic heterocycles. The lowest BCUT2D eigenvalue weighted by Gasteiger charge is -2.18. The molecule has 0 atom stereocenters. The molecule has 1 N–H and O–H groups in total. The Bertz CT molecular complexity index is 1020. The minimum absolute atomic E-state index is 0.0896. The van der Waals surface area contributed by atoms with Crippen molar-refractivity contribution in [2.75, 3.05) is 24.3 Å². The standard InChI is InChI=1S/C18H18ClN5O2/c1-23(2)16-8-7-12(19)11-15(16)20-17(25)9-10-24-18(26)13-5-3-4-6-14(13)21-22-24/h3-8,11H,9-10H2,1-2H3,(H,20,25). The average molecular weight is 372 g/mol. The highest BCUT2D eigenvalue weighted by Gasteiger charge is 2.11. The molecule has 0 saturated carbocycles. The van der Waals surface area contributed by atoms with Crippen molar-refractivity contribution in [1.82, 2.24) is 15.0 Å². The van der Waals surface area contributed by atoms with Crippen molar-refractivity contribution in [3.8, 4) is 0 Å². The van der Waals surface area contributed by atoms with Gasteiger partial charge in [-0.25, -0.2) is 4.68 Å². The molecule has 7 nitrogen and oxygen atoms in total. The number of aryl methyl sites for hydroxylation is 1. The minimum Gasteiger partial charge on any atom is -0.376 e. The van der Waals surface area contributed by atoms with Crippen molar-refractivity contribution in [2.45, 2.75) is 13.0 Å². The van der Waals surface area contributed by atoms with Crippen LogP contribution in [0.5, 0.6) is 0 Å². The van der Waals surface area contributed by atoms with E-state index in [2.05, 4.69) is 15.6 Å². The second-order valence-electron chi connectivity index (χ2n) is 5.99. The number of carbonyl (C=O) groups is 1. The Morgan fingerprint density at radius 2 is 2.00 bits per heavy atom. The lowest BCUT2D eigenvalue weighted by molar-refractivity contribution is -0.116. The van der Waals surface area contributed by atoms with Crippen LogP contribution in [0, 0.1) is 0 Å². The molecule has 0 spiro atoms. The molecule has 0 saturated heterocycles. The topological polar surface area (TPSA) is 80.1 Å². The minimum atomic E-state index is -0.264. The van der Waals surface area contributed by atoms with Crippen LogP contribution in [0.4, 0.5) is 11.4 Å². The van der Waals surface area contributed by atoms with Crippen LogP contribution in [-0.2, 0) is 11.3 Å². The van der Waals surface area contributed by atoms with Crippen molar-refractivity contribution in [1.29, 1.82) is 0 Å². The number of nitrogens with one attached hydrogen (secondary N) is 1. The fraction of sp³-hybridized carbons (Fsp3) is 0.222. The summed E-state index contributed by atoms with van der Waals surface area (Å²) in [6.07, 6.45) is 0.0896. The Hall–Kier alpha value is -2.93. The number of anilines is 2. The second kappa shape index (κ2) is 7.53. The molecule has 0 bridgehead atoms. The van der Waals surface area contributed by atoms with E-state index in [0.29, 0.717) is 21.6 Å². The number of fused-ring (bicyclic) bond motifs is 1. The molecular weight excluding hydrogens is 354 g/mol. The van der Waals surface area contributed by atoms with Gasteiger partial charge in [0.2, 0.25) is 5.91 Å². The Morgan fingerprint density at radius 1 is 1.23 bits per heavy atom. The second-order valence-corrected chi connectivity index (χ2v) is 6.43. The number of rotatable bonds is 5. The summed E-state index contributed by atoms with van der Waals surface area (Å²) in [7, 11) is 3.76. The summed E-state index contributed by atoms with van der Waals surface area (Å²) in [4.78, 5) is 26.6. The quantitative estimate of drug-likeness (QED) is 0.745. The molecule has 1 heterocycles. The summed E-state index contributed by atoms with van der Waals surface area (Å²) in [5.74, 6) is -0.239. The Kier molecular flexibility index (Phi) is 5.18. The third-order valence-electron chi connectivity index (χ3n) is 3.89. The van der Waals surface area contributed by atoms with Crippen LogP contribution in [0.2, 0.25) is 5.02 Å². The summed E-state index contributed by atoms with van der Waals surface area (Å²) in [6, 6.07) is 12.3. The molecule has 0 aliphatic carbocycles. The van der Waals surface area contributed by atoms with Crippen LogP contribution in [0.15, 0.2) is 47.3 Å². The van der Waals surface area contributed by atoms with Gasteiger partial charge in [-0.15, -0.1) is 5.10 Å². The van der Waals surface area contributed by atoms with Gasteiger partial charge in [0.1, 0.15) is 5.52 Å². The molecule has 8 heteroatoms. The highest BCUT2D eigenvalue weighted by Crippen LogP contribution is 2.27. The maximum absolute atomic E-state index is 12.4. The van der Waals surface area contributed by atoms with E-state index >= 15 is 0 Å². The summed E-state index contributed by atoms with van der Waals surface area (Å²) < 4.78 is 1.20. The number of amides is 1. The number of halogens is 1. The normalized spacial score (nSPS) is 10.7. The van der Waals surface area contributed by atoms with E-state index in [4.69, 9.17) is 11.6 Å². The monoisotopic (exact) mass is 371 g/mol. The predicted octanol–water partition coefficient (Wildman–Crippen LogP) is 2.54. The number of hydrogen-bond donors (Lipinski definition) is 1. The van der Waals surface area contributed by atoms with E-state index in [-0.39, 0.29) is 24.4 Å². The summed E-state index contributed by atoms with van der Waals surface area (Å²) in [6.45, 7) is 0.139. The molecule has 0 radical (unpaired) electrons. The highest BCUT2D eigenvalue weighted by atomic mass is 35.5. The van der Waals surface area contributed by atoms with Gasteiger partial charge in [0.15, 0.2) is 0 Å². The highest BCUT2D eigenvalue weighted by molar-refractivity contribution is 6.31. The Balaban J connectivity index is 1.73. The van der Waals surface area contributed by atoms with Gasteiger partial charge in [0, 0.05) is 25.5 Å². The molecule has 0 unspecified atom stereocenters. The summed E-state index contributed by atoms with van der Waals surface area (Å²) in [5.41, 5.74) is 1.72. The van der Waals surface area contributed by atoms with E-state index < -0.39 is 0 Å². The van der Waals surface area contributed by atoms with Crippen molar-refractivity contribution in [2.24, 2.45) is 0 Å². The lowest BCUT2D eigenvalue weighted by atomic mass is 10.2. The summed E-state index contributed by atoms with van der Waals surface area (Å²) >= 11 is 6.02. The molecule has 3 aromatic rings. The first-order valence-corrected chi connectivity index (χ1v) is 8.43. The van der Waals surface area contributed by atoms with Crippen molar-refractivity contribution in [3.05, 3.63) is 57.8 Å². The smallest absolute Gasteiger partial charge is 0.277 e. The van der Waals surface area contributed by atoms with E-state index in [1.165, 1.54) is 4.68 Å². The number of benzene rings is 2. The van der Waals surface area contributed by atoms with Crippen LogP contribution in [0.1, 0.15) is 6.42 Å². The fourth-order valence-electron chi connectivity index (χ4n) is 2.59. The zero-order valence-electron chi connectivity index (χ0n) is 14.4. The first kappa shape index (κ1) is 17.9. The predicted molar refractivity (Wildman–Crippen MR) is 103 cm³/mol. The van der Waals surface area contributed by atoms with Gasteiger partial charge in [0.25, 0.3) is 5.56 Å². The van der Waals surface area contributed by atoms with Crippen molar-refractivity contribution in [3.63, 3.8) is 0 Å². The largest absolute Gasteiger partial charge is 0.376 e. The number of aromatic nitrogens is 3. The van der Waals surface area contributed by atoms with Crippen LogP contribution < -0.4 is 15.8 Å². The van der Waals surface area contributed by atoms with Gasteiger partial charge in [-0.1, -0.05) is 28.9 Å². The molecule has 2 aromatic carbocycles. The Labute approximate surface area is 155 Å². The summed E-state index contributed by atoms with van der Waals surface area (Å²) in [5, 5.41) is 11.7. The van der Waals surface area contributed by atoms with Gasteiger partial charge in [-0.05, 0) is 30.3 Å². The third kappa shape index (κ3) is 3.83. The van der Waals surface area contributed by atoms with Crippen LogP contribution >= 0.6 is 11.6 Å². The first-order chi connectivity index (χ1) is 12.5. The van der Waals surface area contributed by atoms with Crippen molar-refractivity contribution >= 4 is 39.8 Å². The fourth-order valence-corrected chi connectivity index (χ4v) is 2.76. The van der Waals surface area contributed by atoms with Crippen LogP contribution in [-0.4, -0.2) is 35.0 Å². The zero-order valence-corrected chi connectivity index (χ0v) is 15.2. The molecule has 1 amide bonds. The molecule has 26 heavy (non-hydrogen) atoms. The number of nitrogens with zero attached hydrogens (tertiary/aromatic N) is 4. The van der Waals surface area contributed by atoms with E-state index in [9.17, 15) is 9.59 Å². The van der Waals surface area contributed by atoms with Gasteiger partial charge in [-0.2, -0.15) is 0 Å². The average Bonchev–Trinajstić information content (AvgIpc) is 2.61. The van der Waals surface area contributed by atoms with E-state index in [0.717, 1.165) is 5.69 Å².